The minimum Gasteiger partial charge on any atom is -0.447 e. The van der Waals surface area contributed by atoms with Crippen LogP contribution in [0.5, 0.6) is 0 Å². The lowest BCUT2D eigenvalue weighted by atomic mass is 10.2. The van der Waals surface area contributed by atoms with Crippen molar-refractivity contribution in [1.82, 2.24) is 4.90 Å². The molecule has 0 aromatic heterocycles. The third-order valence-corrected chi connectivity index (χ3v) is 1.73. The summed E-state index contributed by atoms with van der Waals surface area (Å²) in [6.45, 7) is 0.239. The highest BCUT2D eigenvalue weighted by molar-refractivity contribution is 5.93. The molecule has 74 valence electrons. The van der Waals surface area contributed by atoms with Crippen LogP contribution in [0, 0.1) is 0 Å². The average molecular weight is 188 g/mol. The van der Waals surface area contributed by atoms with Crippen molar-refractivity contribution in [1.29, 1.82) is 0 Å². The molecule has 6 heteroatoms. The molecule has 1 rings (SSSR count). The molecular weight excluding hydrogens is 176 g/mol. The molecule has 1 aliphatic rings. The van der Waals surface area contributed by atoms with E-state index in [0.717, 1.165) is 4.90 Å². The second-order valence-corrected chi connectivity index (χ2v) is 2.81. The molecule has 0 unspecified atom stereocenters. The number of hydrogen-bond donors (Lipinski definition) is 2. The minimum atomic E-state index is -0.630. The van der Waals surface area contributed by atoms with Crippen LogP contribution in [0.2, 0.25) is 0 Å². The van der Waals surface area contributed by atoms with Crippen LogP contribution in [0.3, 0.4) is 0 Å². The van der Waals surface area contributed by atoms with E-state index in [-0.39, 0.29) is 26.2 Å². The molecule has 1 saturated heterocycles. The lowest BCUT2D eigenvalue weighted by Crippen LogP contribution is -2.37. The number of rotatable bonds is 3. The topological polar surface area (TPSA) is 92.9 Å². The van der Waals surface area contributed by atoms with Gasteiger partial charge >= 0.3 is 6.09 Å². The predicted octanol–water partition coefficient (Wildman–Crippen LogP) is -1.33. The summed E-state index contributed by atoms with van der Waals surface area (Å²) >= 11 is 0. The molecule has 1 aliphatic heterocycles. The second kappa shape index (κ2) is 4.20. The summed E-state index contributed by atoms with van der Waals surface area (Å²) in [6.07, 6.45) is -0.666. The Morgan fingerprint density at radius 2 is 2.46 bits per heavy atom. The van der Waals surface area contributed by atoms with Crippen molar-refractivity contribution < 1.29 is 19.4 Å². The first-order chi connectivity index (χ1) is 6.15. The van der Waals surface area contributed by atoms with E-state index in [9.17, 15) is 9.59 Å². The number of aliphatic hydroxyl groups is 1. The van der Waals surface area contributed by atoms with Gasteiger partial charge in [-0.25, -0.2) is 9.69 Å². The molecular formula is C7H12N2O4. The first kappa shape index (κ1) is 9.94. The zero-order chi connectivity index (χ0) is 9.84. The Balaban J connectivity index is 2.43. The van der Waals surface area contributed by atoms with E-state index in [0.29, 0.717) is 0 Å². The van der Waals surface area contributed by atoms with E-state index in [1.54, 1.807) is 0 Å². The monoisotopic (exact) mass is 188 g/mol. The van der Waals surface area contributed by atoms with Gasteiger partial charge in [0.05, 0.1) is 13.2 Å². The summed E-state index contributed by atoms with van der Waals surface area (Å²) in [6, 6.07) is -0.610. The van der Waals surface area contributed by atoms with Crippen molar-refractivity contribution in [3.05, 3.63) is 0 Å². The van der Waals surface area contributed by atoms with E-state index < -0.39 is 18.0 Å². The number of carbonyl (C=O) groups is 2. The third-order valence-electron chi connectivity index (χ3n) is 1.73. The van der Waals surface area contributed by atoms with Gasteiger partial charge in [0.2, 0.25) is 5.91 Å². The Kier molecular flexibility index (Phi) is 3.21. The maximum atomic E-state index is 11.3. The summed E-state index contributed by atoms with van der Waals surface area (Å²) in [5.41, 5.74) is 5.34. The molecule has 0 radical (unpaired) electrons. The summed E-state index contributed by atoms with van der Waals surface area (Å²) < 4.78 is 4.56. The molecule has 0 aromatic carbocycles. The van der Waals surface area contributed by atoms with Crippen LogP contribution in [0.4, 0.5) is 4.79 Å². The van der Waals surface area contributed by atoms with E-state index >= 15 is 0 Å². The van der Waals surface area contributed by atoms with Crippen molar-refractivity contribution in [2.45, 2.75) is 12.5 Å². The Hall–Kier alpha value is -1.14. The van der Waals surface area contributed by atoms with E-state index in [2.05, 4.69) is 4.74 Å². The van der Waals surface area contributed by atoms with Crippen molar-refractivity contribution >= 4 is 12.0 Å². The highest BCUT2D eigenvalue weighted by atomic mass is 16.6. The number of nitrogens with two attached hydrogens (primary N) is 1. The van der Waals surface area contributed by atoms with Gasteiger partial charge in [-0.05, 0) is 0 Å². The molecule has 0 aromatic rings. The quantitative estimate of drug-likeness (QED) is 0.572. The zero-order valence-corrected chi connectivity index (χ0v) is 7.10. The first-order valence-electron chi connectivity index (χ1n) is 3.98. The van der Waals surface area contributed by atoms with Gasteiger partial charge in [0, 0.05) is 12.5 Å². The lowest BCUT2D eigenvalue weighted by molar-refractivity contribution is -0.128. The Morgan fingerprint density at radius 1 is 1.77 bits per heavy atom. The van der Waals surface area contributed by atoms with Gasteiger partial charge in [0.15, 0.2) is 0 Å². The predicted molar refractivity (Wildman–Crippen MR) is 42.7 cm³/mol. The normalized spacial score (nSPS) is 18.6. The lowest BCUT2D eigenvalue weighted by Gasteiger charge is -2.12. The molecule has 0 bridgehead atoms. The number of aliphatic hydroxyl groups excluding tert-OH is 1. The fourth-order valence-electron chi connectivity index (χ4n) is 1.02. The minimum absolute atomic E-state index is 0.0361. The van der Waals surface area contributed by atoms with Crippen molar-refractivity contribution in [3.63, 3.8) is 0 Å². The Bertz CT molecular complexity index is 219. The Morgan fingerprint density at radius 3 is 2.92 bits per heavy atom. The van der Waals surface area contributed by atoms with Crippen LogP contribution in [-0.2, 0) is 9.53 Å². The highest BCUT2D eigenvalue weighted by Gasteiger charge is 2.28. The number of nitrogens with zero attached hydrogens (tertiary/aromatic N) is 1. The van der Waals surface area contributed by atoms with Crippen LogP contribution >= 0.6 is 0 Å². The summed E-state index contributed by atoms with van der Waals surface area (Å²) in [7, 11) is 0. The van der Waals surface area contributed by atoms with Crippen LogP contribution in [0.15, 0.2) is 0 Å². The van der Waals surface area contributed by atoms with Gasteiger partial charge in [-0.15, -0.1) is 0 Å². The van der Waals surface area contributed by atoms with E-state index in [1.807, 2.05) is 0 Å². The summed E-state index contributed by atoms with van der Waals surface area (Å²) in [5, 5.41) is 8.58. The maximum absolute atomic E-state index is 11.3. The summed E-state index contributed by atoms with van der Waals surface area (Å²) in [5.74, 6) is -0.399. The zero-order valence-electron chi connectivity index (χ0n) is 7.10. The van der Waals surface area contributed by atoms with Gasteiger partial charge < -0.3 is 15.6 Å². The third kappa shape index (κ3) is 2.40. The van der Waals surface area contributed by atoms with Gasteiger partial charge in [-0.1, -0.05) is 0 Å². The van der Waals surface area contributed by atoms with Gasteiger partial charge in [0.25, 0.3) is 0 Å². The van der Waals surface area contributed by atoms with Crippen LogP contribution < -0.4 is 5.73 Å². The molecule has 0 saturated carbocycles. The van der Waals surface area contributed by atoms with Crippen LogP contribution in [0.1, 0.15) is 6.42 Å². The van der Waals surface area contributed by atoms with Gasteiger partial charge in [-0.2, -0.15) is 0 Å². The number of cyclic esters (lactones) is 1. The molecule has 0 aliphatic carbocycles. The molecule has 13 heavy (non-hydrogen) atoms. The molecule has 3 N–H and O–H groups in total. The van der Waals surface area contributed by atoms with Gasteiger partial charge in [-0.3, -0.25) is 4.79 Å². The number of amides is 2. The highest BCUT2D eigenvalue weighted by Crippen LogP contribution is 2.06. The number of carbonyl (C=O) groups excluding carboxylic acids is 2. The fraction of sp³-hybridized carbons (Fsp3) is 0.714. The molecule has 2 amide bonds. The van der Waals surface area contributed by atoms with Crippen LogP contribution in [0.25, 0.3) is 0 Å². The largest absolute Gasteiger partial charge is 0.447 e. The number of imide groups is 1. The molecule has 1 fully saturated rings. The number of ether oxygens (including phenoxy) is 1. The standard InChI is InChI=1S/C7H12N2O4/c8-5(4-10)3-6(11)9-1-2-13-7(9)12/h5,10H,1-4,8H2/t5-/m1/s1. The van der Waals surface area contributed by atoms with Crippen molar-refractivity contribution in [2.24, 2.45) is 5.73 Å². The molecule has 1 atom stereocenters. The Labute approximate surface area is 75.3 Å². The maximum Gasteiger partial charge on any atom is 0.416 e. The first-order valence-corrected chi connectivity index (χ1v) is 3.98. The van der Waals surface area contributed by atoms with Crippen molar-refractivity contribution in [2.75, 3.05) is 19.8 Å². The van der Waals surface area contributed by atoms with Gasteiger partial charge in [0.1, 0.15) is 6.61 Å². The average Bonchev–Trinajstić information content (AvgIpc) is 2.51. The second-order valence-electron chi connectivity index (χ2n) is 2.81. The van der Waals surface area contributed by atoms with Crippen LogP contribution in [-0.4, -0.2) is 47.8 Å². The van der Waals surface area contributed by atoms with E-state index in [4.69, 9.17) is 10.8 Å². The van der Waals surface area contributed by atoms with Crippen molar-refractivity contribution in [3.8, 4) is 0 Å². The summed E-state index contributed by atoms with van der Waals surface area (Å²) in [4.78, 5) is 23.1. The fourth-order valence-corrected chi connectivity index (χ4v) is 1.02. The SMILES string of the molecule is N[C@@H](CO)CC(=O)N1CCOC1=O. The van der Waals surface area contributed by atoms with E-state index in [1.165, 1.54) is 0 Å². The molecule has 6 nitrogen and oxygen atoms in total. The number of hydrogen-bond acceptors (Lipinski definition) is 5. The molecule has 0 spiro atoms. The smallest absolute Gasteiger partial charge is 0.416 e. The molecule has 1 heterocycles.